The number of benzene rings is 1. The largest absolute Gasteiger partial charge is 0.295 e. The third kappa shape index (κ3) is 2.51. The van der Waals surface area contributed by atoms with Crippen molar-refractivity contribution in [3.8, 4) is 0 Å². The van der Waals surface area contributed by atoms with Crippen molar-refractivity contribution in [1.82, 2.24) is 0 Å². The summed E-state index contributed by atoms with van der Waals surface area (Å²) >= 11 is 3.14. The van der Waals surface area contributed by atoms with Gasteiger partial charge in [-0.1, -0.05) is 12.1 Å². The number of allylic oxidation sites excluding steroid dienone is 2. The SMILES string of the molecule is CC(=O)/C=C(\C)c1cccc(F)c1Br. The fourth-order valence-corrected chi connectivity index (χ4v) is 1.77. The average Bonchev–Trinajstić information content (AvgIpc) is 2.08. The minimum Gasteiger partial charge on any atom is -0.295 e. The van der Waals surface area contributed by atoms with Crippen LogP contribution in [0.25, 0.3) is 5.57 Å². The van der Waals surface area contributed by atoms with Crippen LogP contribution in [0.15, 0.2) is 28.7 Å². The molecule has 0 aliphatic rings. The summed E-state index contributed by atoms with van der Waals surface area (Å²) < 4.78 is 13.5. The Bertz CT molecular complexity index is 396. The van der Waals surface area contributed by atoms with Crippen molar-refractivity contribution < 1.29 is 9.18 Å². The van der Waals surface area contributed by atoms with Crippen molar-refractivity contribution in [2.75, 3.05) is 0 Å². The Morgan fingerprint density at radius 2 is 2.07 bits per heavy atom. The third-order valence-corrected chi connectivity index (χ3v) is 2.60. The zero-order valence-electron chi connectivity index (χ0n) is 7.97. The van der Waals surface area contributed by atoms with Crippen molar-refractivity contribution in [3.05, 3.63) is 40.1 Å². The van der Waals surface area contributed by atoms with E-state index in [4.69, 9.17) is 0 Å². The Morgan fingerprint density at radius 3 is 2.64 bits per heavy atom. The molecule has 0 fully saturated rings. The van der Waals surface area contributed by atoms with Crippen molar-refractivity contribution in [1.29, 1.82) is 0 Å². The van der Waals surface area contributed by atoms with E-state index in [1.54, 1.807) is 19.1 Å². The molecule has 1 aromatic carbocycles. The van der Waals surface area contributed by atoms with Crippen molar-refractivity contribution in [3.63, 3.8) is 0 Å². The Balaban J connectivity index is 3.20. The van der Waals surface area contributed by atoms with Gasteiger partial charge < -0.3 is 0 Å². The second-order valence-electron chi connectivity index (χ2n) is 3.04. The smallest absolute Gasteiger partial charge is 0.152 e. The van der Waals surface area contributed by atoms with Crippen LogP contribution < -0.4 is 0 Å². The summed E-state index contributed by atoms with van der Waals surface area (Å²) in [6, 6.07) is 4.75. The fourth-order valence-electron chi connectivity index (χ4n) is 1.19. The first kappa shape index (κ1) is 11.1. The molecule has 0 unspecified atom stereocenters. The first-order chi connectivity index (χ1) is 6.52. The summed E-state index contributed by atoms with van der Waals surface area (Å²) in [5.41, 5.74) is 1.46. The second kappa shape index (κ2) is 4.51. The fraction of sp³-hybridized carbons (Fsp3) is 0.182. The van der Waals surface area contributed by atoms with Crippen LogP contribution in [-0.4, -0.2) is 5.78 Å². The third-order valence-electron chi connectivity index (χ3n) is 1.80. The quantitative estimate of drug-likeness (QED) is 0.740. The van der Waals surface area contributed by atoms with E-state index in [0.717, 1.165) is 5.57 Å². The number of halogens is 2. The molecular formula is C11H10BrFO. The van der Waals surface area contributed by atoms with Crippen molar-refractivity contribution >= 4 is 27.3 Å². The predicted octanol–water partition coefficient (Wildman–Crippen LogP) is 3.58. The molecule has 1 rings (SSSR count). The van der Waals surface area contributed by atoms with Gasteiger partial charge in [-0.05, 0) is 53.1 Å². The van der Waals surface area contributed by atoms with E-state index in [1.165, 1.54) is 19.1 Å². The van der Waals surface area contributed by atoms with Crippen LogP contribution in [0.4, 0.5) is 4.39 Å². The number of ketones is 1. The lowest BCUT2D eigenvalue weighted by Crippen LogP contribution is -1.89. The number of carbonyl (C=O) groups excluding carboxylic acids is 1. The van der Waals surface area contributed by atoms with Gasteiger partial charge in [0.25, 0.3) is 0 Å². The first-order valence-corrected chi connectivity index (χ1v) is 4.95. The van der Waals surface area contributed by atoms with Gasteiger partial charge in [0.05, 0.1) is 4.47 Å². The molecule has 0 atom stereocenters. The summed E-state index contributed by atoms with van der Waals surface area (Å²) in [5, 5.41) is 0. The Kier molecular flexibility index (Phi) is 3.58. The van der Waals surface area contributed by atoms with Gasteiger partial charge in [-0.3, -0.25) is 4.79 Å². The number of carbonyl (C=O) groups is 1. The van der Waals surface area contributed by atoms with Gasteiger partial charge in [0.1, 0.15) is 5.82 Å². The highest BCUT2D eigenvalue weighted by molar-refractivity contribution is 9.10. The highest BCUT2D eigenvalue weighted by Gasteiger charge is 2.06. The number of rotatable bonds is 2. The highest BCUT2D eigenvalue weighted by Crippen LogP contribution is 2.26. The highest BCUT2D eigenvalue weighted by atomic mass is 79.9. The van der Waals surface area contributed by atoms with Crippen LogP contribution in [0.5, 0.6) is 0 Å². The second-order valence-corrected chi connectivity index (χ2v) is 3.83. The molecule has 1 aromatic rings. The molecule has 0 heterocycles. The number of hydrogen-bond donors (Lipinski definition) is 0. The lowest BCUT2D eigenvalue weighted by molar-refractivity contribution is -0.112. The van der Waals surface area contributed by atoms with Crippen LogP contribution in [0.3, 0.4) is 0 Å². The molecule has 1 nitrogen and oxygen atoms in total. The van der Waals surface area contributed by atoms with Gasteiger partial charge in [0.2, 0.25) is 0 Å². The summed E-state index contributed by atoms with van der Waals surface area (Å²) in [5.74, 6) is -0.363. The zero-order valence-corrected chi connectivity index (χ0v) is 9.56. The standard InChI is InChI=1S/C11H10BrFO/c1-7(6-8(2)14)9-4-3-5-10(13)11(9)12/h3-6H,1-2H3/b7-6+. The molecule has 0 saturated heterocycles. The molecule has 0 aliphatic carbocycles. The van der Waals surface area contributed by atoms with E-state index in [0.29, 0.717) is 10.0 Å². The van der Waals surface area contributed by atoms with Gasteiger partial charge in [0.15, 0.2) is 5.78 Å². The normalized spacial score (nSPS) is 11.6. The molecular weight excluding hydrogens is 247 g/mol. The van der Waals surface area contributed by atoms with Gasteiger partial charge in [-0.15, -0.1) is 0 Å². The van der Waals surface area contributed by atoms with Crippen LogP contribution in [0.1, 0.15) is 19.4 Å². The Labute approximate surface area is 90.8 Å². The van der Waals surface area contributed by atoms with Crippen molar-refractivity contribution in [2.45, 2.75) is 13.8 Å². The molecule has 0 aliphatic heterocycles. The molecule has 0 N–H and O–H groups in total. The van der Waals surface area contributed by atoms with Crippen LogP contribution in [0.2, 0.25) is 0 Å². The van der Waals surface area contributed by atoms with Gasteiger partial charge in [0, 0.05) is 0 Å². The molecule has 0 bridgehead atoms. The van der Waals surface area contributed by atoms with Crippen LogP contribution in [0, 0.1) is 5.82 Å². The zero-order chi connectivity index (χ0) is 10.7. The molecule has 3 heteroatoms. The molecule has 0 radical (unpaired) electrons. The summed E-state index contributed by atoms with van der Waals surface area (Å²) in [6.07, 6.45) is 1.49. The lowest BCUT2D eigenvalue weighted by Gasteiger charge is -2.04. The average molecular weight is 257 g/mol. The van der Waals surface area contributed by atoms with E-state index in [2.05, 4.69) is 15.9 Å². The van der Waals surface area contributed by atoms with E-state index < -0.39 is 0 Å². The molecule has 14 heavy (non-hydrogen) atoms. The first-order valence-electron chi connectivity index (χ1n) is 4.15. The molecule has 0 spiro atoms. The molecule has 74 valence electrons. The minimum atomic E-state index is -0.321. The molecule has 0 saturated carbocycles. The summed E-state index contributed by atoms with van der Waals surface area (Å²) in [7, 11) is 0. The van der Waals surface area contributed by atoms with Gasteiger partial charge >= 0.3 is 0 Å². The molecule has 0 amide bonds. The lowest BCUT2D eigenvalue weighted by atomic mass is 10.1. The maximum atomic E-state index is 13.1. The van der Waals surface area contributed by atoms with Crippen LogP contribution in [-0.2, 0) is 4.79 Å². The van der Waals surface area contributed by atoms with E-state index in [9.17, 15) is 9.18 Å². The van der Waals surface area contributed by atoms with E-state index in [1.807, 2.05) is 0 Å². The van der Waals surface area contributed by atoms with Gasteiger partial charge in [-0.25, -0.2) is 4.39 Å². The maximum absolute atomic E-state index is 13.1. The van der Waals surface area contributed by atoms with Gasteiger partial charge in [-0.2, -0.15) is 0 Å². The maximum Gasteiger partial charge on any atom is 0.152 e. The summed E-state index contributed by atoms with van der Waals surface area (Å²) in [4.78, 5) is 10.8. The monoisotopic (exact) mass is 256 g/mol. The number of hydrogen-bond acceptors (Lipinski definition) is 1. The minimum absolute atomic E-state index is 0.0429. The molecule has 0 aromatic heterocycles. The Morgan fingerprint density at radius 1 is 1.43 bits per heavy atom. The van der Waals surface area contributed by atoms with E-state index >= 15 is 0 Å². The predicted molar refractivity (Wildman–Crippen MR) is 58.4 cm³/mol. The topological polar surface area (TPSA) is 17.1 Å². The van der Waals surface area contributed by atoms with Crippen molar-refractivity contribution in [2.24, 2.45) is 0 Å². The Hall–Kier alpha value is -0.960. The summed E-state index contributed by atoms with van der Waals surface area (Å²) in [6.45, 7) is 3.25. The van der Waals surface area contributed by atoms with E-state index in [-0.39, 0.29) is 11.6 Å². The van der Waals surface area contributed by atoms with Crippen LogP contribution >= 0.6 is 15.9 Å².